The van der Waals surface area contributed by atoms with Crippen LogP contribution in [0, 0.1) is 10.1 Å². The van der Waals surface area contributed by atoms with E-state index in [1.165, 1.54) is 12.3 Å². The molecular formula is C12H15BrN4O3. The summed E-state index contributed by atoms with van der Waals surface area (Å²) < 4.78 is 0. The molecule has 0 N–H and O–H groups in total. The van der Waals surface area contributed by atoms with Gasteiger partial charge in [-0.3, -0.25) is 4.79 Å². The molecule has 1 aromatic heterocycles. The Labute approximate surface area is 124 Å². The van der Waals surface area contributed by atoms with E-state index in [0.717, 1.165) is 5.69 Å². The third-order valence-electron chi connectivity index (χ3n) is 3.22. The fourth-order valence-corrected chi connectivity index (χ4v) is 2.40. The highest BCUT2D eigenvalue weighted by atomic mass is 79.9. The van der Waals surface area contributed by atoms with Gasteiger partial charge in [0, 0.05) is 32.2 Å². The van der Waals surface area contributed by atoms with Crippen molar-refractivity contribution in [2.45, 2.75) is 11.8 Å². The number of anilines is 1. The number of nitro groups is 1. The number of pyridine rings is 1. The van der Waals surface area contributed by atoms with Gasteiger partial charge in [-0.1, -0.05) is 15.9 Å². The number of nitrogens with zero attached hydrogens (tertiary/aromatic N) is 4. The summed E-state index contributed by atoms with van der Waals surface area (Å²) in [7, 11) is 0. The largest absolute Gasteiger partial charge is 0.365 e. The zero-order valence-corrected chi connectivity index (χ0v) is 12.6. The van der Waals surface area contributed by atoms with E-state index in [2.05, 4.69) is 25.8 Å². The van der Waals surface area contributed by atoms with Crippen LogP contribution < -0.4 is 4.90 Å². The van der Waals surface area contributed by atoms with Crippen LogP contribution >= 0.6 is 15.9 Å². The zero-order valence-electron chi connectivity index (χ0n) is 11.0. The zero-order chi connectivity index (χ0) is 14.7. The molecule has 2 rings (SSSR count). The van der Waals surface area contributed by atoms with Crippen molar-refractivity contribution >= 4 is 33.3 Å². The fourth-order valence-electron chi connectivity index (χ4n) is 2.11. The minimum atomic E-state index is -0.516. The van der Waals surface area contributed by atoms with Gasteiger partial charge in [0.25, 0.3) is 0 Å². The molecule has 0 radical (unpaired) electrons. The maximum absolute atomic E-state index is 11.8. The topological polar surface area (TPSA) is 79.6 Å². The number of alkyl halides is 1. The molecule has 1 atom stereocenters. The minimum absolute atomic E-state index is 0.0893. The van der Waals surface area contributed by atoms with E-state index in [1.54, 1.807) is 6.07 Å². The normalized spacial score (nSPS) is 16.9. The van der Waals surface area contributed by atoms with Crippen LogP contribution in [0.5, 0.6) is 0 Å². The van der Waals surface area contributed by atoms with Crippen molar-refractivity contribution < 1.29 is 9.72 Å². The standard InChI is InChI=1S/C12H15BrN4O3/c1-9(13)12(18)16-6-4-15(5-7-16)10-2-3-11(14-8-10)17(19)20/h2-3,8-9H,4-7H2,1H3. The van der Waals surface area contributed by atoms with Crippen LogP contribution in [0.15, 0.2) is 18.3 Å². The van der Waals surface area contributed by atoms with Gasteiger partial charge in [-0.25, -0.2) is 0 Å². The smallest absolute Gasteiger partial charge is 0.363 e. The van der Waals surface area contributed by atoms with Gasteiger partial charge < -0.3 is 19.9 Å². The van der Waals surface area contributed by atoms with Gasteiger partial charge in [0.05, 0.1) is 10.5 Å². The number of hydrogen-bond acceptors (Lipinski definition) is 5. The van der Waals surface area contributed by atoms with E-state index >= 15 is 0 Å². The van der Waals surface area contributed by atoms with E-state index in [9.17, 15) is 14.9 Å². The molecule has 0 spiro atoms. The van der Waals surface area contributed by atoms with Crippen molar-refractivity contribution in [3.05, 3.63) is 28.4 Å². The SMILES string of the molecule is CC(Br)C(=O)N1CCN(c2ccc([N+](=O)[O-])nc2)CC1. The van der Waals surface area contributed by atoms with Gasteiger partial charge in [0.1, 0.15) is 0 Å². The summed E-state index contributed by atoms with van der Waals surface area (Å²) in [6, 6.07) is 3.09. The predicted octanol–water partition coefficient (Wildman–Crippen LogP) is 1.42. The summed E-state index contributed by atoms with van der Waals surface area (Å²) in [5.74, 6) is -0.0675. The maximum Gasteiger partial charge on any atom is 0.363 e. The van der Waals surface area contributed by atoms with Crippen molar-refractivity contribution in [1.82, 2.24) is 9.88 Å². The van der Waals surface area contributed by atoms with E-state index in [-0.39, 0.29) is 16.6 Å². The van der Waals surface area contributed by atoms with Crippen LogP contribution in [0.4, 0.5) is 11.5 Å². The Bertz CT molecular complexity index is 498. The molecule has 108 valence electrons. The Morgan fingerprint density at radius 2 is 2.05 bits per heavy atom. The number of hydrogen-bond donors (Lipinski definition) is 0. The van der Waals surface area contributed by atoms with Gasteiger partial charge >= 0.3 is 5.82 Å². The molecule has 1 aliphatic rings. The highest BCUT2D eigenvalue weighted by molar-refractivity contribution is 9.10. The van der Waals surface area contributed by atoms with Gasteiger partial charge in [-0.05, 0) is 22.9 Å². The summed E-state index contributed by atoms with van der Waals surface area (Å²) in [5, 5.41) is 10.6. The van der Waals surface area contributed by atoms with Crippen LogP contribution in [0.3, 0.4) is 0 Å². The lowest BCUT2D eigenvalue weighted by molar-refractivity contribution is -0.389. The summed E-state index contributed by atoms with van der Waals surface area (Å²) >= 11 is 3.28. The summed E-state index contributed by atoms with van der Waals surface area (Å²) in [4.78, 5) is 29.4. The van der Waals surface area contributed by atoms with Gasteiger partial charge in [-0.15, -0.1) is 0 Å². The van der Waals surface area contributed by atoms with E-state index < -0.39 is 4.92 Å². The molecule has 0 aliphatic carbocycles. The molecular weight excluding hydrogens is 328 g/mol. The molecule has 1 fully saturated rings. The lowest BCUT2D eigenvalue weighted by Crippen LogP contribution is -2.50. The van der Waals surface area contributed by atoms with Crippen LogP contribution in [0.1, 0.15) is 6.92 Å². The number of carbonyl (C=O) groups is 1. The summed E-state index contributed by atoms with van der Waals surface area (Å²) in [6.45, 7) is 4.50. The molecule has 0 bridgehead atoms. The number of aromatic nitrogens is 1. The number of piperazine rings is 1. The predicted molar refractivity (Wildman–Crippen MR) is 78.1 cm³/mol. The Morgan fingerprint density at radius 1 is 1.40 bits per heavy atom. The molecule has 1 saturated heterocycles. The fraction of sp³-hybridized carbons (Fsp3) is 0.500. The van der Waals surface area contributed by atoms with Crippen LogP contribution in [0.25, 0.3) is 0 Å². The monoisotopic (exact) mass is 342 g/mol. The molecule has 1 aliphatic heterocycles. The van der Waals surface area contributed by atoms with Crippen molar-refractivity contribution in [2.24, 2.45) is 0 Å². The highest BCUT2D eigenvalue weighted by Gasteiger charge is 2.24. The second-order valence-corrected chi connectivity index (χ2v) is 5.93. The van der Waals surface area contributed by atoms with Crippen molar-refractivity contribution in [2.75, 3.05) is 31.1 Å². The second-order valence-electron chi connectivity index (χ2n) is 4.56. The lowest BCUT2D eigenvalue weighted by atomic mass is 10.2. The van der Waals surface area contributed by atoms with E-state index in [4.69, 9.17) is 0 Å². The Balaban J connectivity index is 1.97. The molecule has 1 unspecified atom stereocenters. The van der Waals surface area contributed by atoms with Gasteiger partial charge in [0.15, 0.2) is 6.20 Å². The van der Waals surface area contributed by atoms with Crippen molar-refractivity contribution in [1.29, 1.82) is 0 Å². The van der Waals surface area contributed by atoms with Gasteiger partial charge in [0.2, 0.25) is 5.91 Å². The first-order valence-corrected chi connectivity index (χ1v) is 7.19. The molecule has 8 heteroatoms. The number of carbonyl (C=O) groups excluding carboxylic acids is 1. The average Bonchev–Trinajstić information content (AvgIpc) is 2.46. The molecule has 1 aromatic rings. The minimum Gasteiger partial charge on any atom is -0.365 e. The average molecular weight is 343 g/mol. The van der Waals surface area contributed by atoms with E-state index in [0.29, 0.717) is 26.2 Å². The quantitative estimate of drug-likeness (QED) is 0.471. The Hall–Kier alpha value is -1.70. The van der Waals surface area contributed by atoms with Gasteiger partial charge in [-0.2, -0.15) is 0 Å². The van der Waals surface area contributed by atoms with Crippen LogP contribution in [0.2, 0.25) is 0 Å². The first-order chi connectivity index (χ1) is 9.49. The van der Waals surface area contributed by atoms with E-state index in [1.807, 2.05) is 11.8 Å². The molecule has 0 aromatic carbocycles. The Morgan fingerprint density at radius 3 is 2.50 bits per heavy atom. The van der Waals surface area contributed by atoms with Crippen LogP contribution in [-0.4, -0.2) is 51.7 Å². The number of rotatable bonds is 3. The first kappa shape index (κ1) is 14.7. The third kappa shape index (κ3) is 3.24. The van der Waals surface area contributed by atoms with Crippen LogP contribution in [-0.2, 0) is 4.79 Å². The maximum atomic E-state index is 11.8. The molecule has 7 nitrogen and oxygen atoms in total. The number of halogens is 1. The highest BCUT2D eigenvalue weighted by Crippen LogP contribution is 2.18. The Kier molecular flexibility index (Phi) is 4.53. The first-order valence-electron chi connectivity index (χ1n) is 6.27. The number of amides is 1. The lowest BCUT2D eigenvalue weighted by Gasteiger charge is -2.36. The molecule has 2 heterocycles. The summed E-state index contributed by atoms with van der Waals surface area (Å²) in [6.07, 6.45) is 1.50. The summed E-state index contributed by atoms with van der Waals surface area (Å²) in [5.41, 5.74) is 0.842. The van der Waals surface area contributed by atoms with Crippen molar-refractivity contribution in [3.63, 3.8) is 0 Å². The third-order valence-corrected chi connectivity index (χ3v) is 3.61. The van der Waals surface area contributed by atoms with Crippen molar-refractivity contribution in [3.8, 4) is 0 Å². The molecule has 20 heavy (non-hydrogen) atoms. The second kappa shape index (κ2) is 6.17. The molecule has 0 saturated carbocycles. The molecule has 1 amide bonds.